The summed E-state index contributed by atoms with van der Waals surface area (Å²) in [7, 11) is 0. The normalized spacial score (nSPS) is 18.7. The molecule has 0 saturated heterocycles. The third kappa shape index (κ3) is 3.83. The van der Waals surface area contributed by atoms with Crippen molar-refractivity contribution in [2.24, 2.45) is 11.8 Å². The Labute approximate surface area is 96.4 Å². The van der Waals surface area contributed by atoms with Gasteiger partial charge in [-0.3, -0.25) is 4.79 Å². The van der Waals surface area contributed by atoms with Crippen LogP contribution in [0.15, 0.2) is 0 Å². The maximum atomic E-state index is 11.8. The molecule has 1 aliphatic carbocycles. The molecule has 0 aromatic rings. The number of carboxylic acid groups (broad SMARTS) is 1. The van der Waals surface area contributed by atoms with Gasteiger partial charge in [-0.25, -0.2) is 4.79 Å². The van der Waals surface area contributed by atoms with Crippen LogP contribution in [0.5, 0.6) is 0 Å². The molecule has 2 N–H and O–H groups in total. The van der Waals surface area contributed by atoms with Gasteiger partial charge in [0.15, 0.2) is 0 Å². The monoisotopic (exact) mass is 227 g/mol. The van der Waals surface area contributed by atoms with Gasteiger partial charge in [-0.05, 0) is 25.2 Å². The highest BCUT2D eigenvalue weighted by molar-refractivity contribution is 5.85. The molecule has 0 bridgehead atoms. The molecule has 16 heavy (non-hydrogen) atoms. The fraction of sp³-hybridized carbons (Fsp3) is 0.833. The van der Waals surface area contributed by atoms with E-state index in [9.17, 15) is 9.59 Å². The second-order valence-corrected chi connectivity index (χ2v) is 5.01. The Morgan fingerprint density at radius 2 is 1.88 bits per heavy atom. The van der Waals surface area contributed by atoms with E-state index >= 15 is 0 Å². The summed E-state index contributed by atoms with van der Waals surface area (Å²) >= 11 is 0. The zero-order valence-corrected chi connectivity index (χ0v) is 10.0. The SMILES string of the molecule is CC(C)C[C@@H](NC(=O)C1CCCC1)C(=O)O. The average molecular weight is 227 g/mol. The molecule has 0 aliphatic heterocycles. The van der Waals surface area contributed by atoms with Crippen molar-refractivity contribution in [2.75, 3.05) is 0 Å². The minimum atomic E-state index is -0.931. The Balaban J connectivity index is 2.47. The van der Waals surface area contributed by atoms with Crippen molar-refractivity contribution in [1.82, 2.24) is 5.32 Å². The van der Waals surface area contributed by atoms with Crippen molar-refractivity contribution in [3.63, 3.8) is 0 Å². The van der Waals surface area contributed by atoms with Gasteiger partial charge in [0.25, 0.3) is 0 Å². The van der Waals surface area contributed by atoms with Crippen molar-refractivity contribution in [2.45, 2.75) is 52.0 Å². The molecule has 0 aromatic heterocycles. The number of nitrogens with one attached hydrogen (secondary N) is 1. The van der Waals surface area contributed by atoms with E-state index in [4.69, 9.17) is 5.11 Å². The summed E-state index contributed by atoms with van der Waals surface area (Å²) in [5, 5.41) is 11.7. The second kappa shape index (κ2) is 5.87. The Kier molecular flexibility index (Phi) is 4.77. The lowest BCUT2D eigenvalue weighted by Gasteiger charge is -2.18. The smallest absolute Gasteiger partial charge is 0.326 e. The van der Waals surface area contributed by atoms with Crippen molar-refractivity contribution >= 4 is 11.9 Å². The predicted octanol–water partition coefficient (Wildman–Crippen LogP) is 1.79. The zero-order valence-electron chi connectivity index (χ0n) is 10.0. The fourth-order valence-electron chi connectivity index (χ4n) is 2.17. The van der Waals surface area contributed by atoms with Crippen LogP contribution in [0.2, 0.25) is 0 Å². The molecular weight excluding hydrogens is 206 g/mol. The van der Waals surface area contributed by atoms with Gasteiger partial charge in [0.2, 0.25) is 5.91 Å². The summed E-state index contributed by atoms with van der Waals surface area (Å²) in [5.74, 6) is -0.704. The molecule has 4 nitrogen and oxygen atoms in total. The van der Waals surface area contributed by atoms with Gasteiger partial charge in [0.1, 0.15) is 6.04 Å². The van der Waals surface area contributed by atoms with Crippen LogP contribution in [-0.4, -0.2) is 23.0 Å². The first-order chi connectivity index (χ1) is 7.50. The van der Waals surface area contributed by atoms with Gasteiger partial charge in [0.05, 0.1) is 0 Å². The van der Waals surface area contributed by atoms with Gasteiger partial charge in [-0.1, -0.05) is 26.7 Å². The first-order valence-electron chi connectivity index (χ1n) is 6.04. The molecule has 0 radical (unpaired) electrons. The highest BCUT2D eigenvalue weighted by Gasteiger charge is 2.27. The Hall–Kier alpha value is -1.06. The number of carbonyl (C=O) groups excluding carboxylic acids is 1. The van der Waals surface area contributed by atoms with Crippen molar-refractivity contribution in [1.29, 1.82) is 0 Å². The predicted molar refractivity (Wildman–Crippen MR) is 61.0 cm³/mol. The van der Waals surface area contributed by atoms with Crippen LogP contribution < -0.4 is 5.32 Å². The van der Waals surface area contributed by atoms with E-state index in [1.165, 1.54) is 0 Å². The topological polar surface area (TPSA) is 66.4 Å². The van der Waals surface area contributed by atoms with E-state index in [1.807, 2.05) is 13.8 Å². The quantitative estimate of drug-likeness (QED) is 0.752. The first kappa shape index (κ1) is 13.0. The second-order valence-electron chi connectivity index (χ2n) is 5.01. The van der Waals surface area contributed by atoms with Gasteiger partial charge in [-0.15, -0.1) is 0 Å². The molecule has 0 aromatic carbocycles. The number of hydrogen-bond acceptors (Lipinski definition) is 2. The minimum absolute atomic E-state index is 0.0361. The number of aliphatic carboxylic acids is 1. The van der Waals surface area contributed by atoms with Crippen LogP contribution in [0.3, 0.4) is 0 Å². The lowest BCUT2D eigenvalue weighted by Crippen LogP contribution is -2.43. The number of hydrogen-bond donors (Lipinski definition) is 2. The molecule has 1 saturated carbocycles. The lowest BCUT2D eigenvalue weighted by atomic mass is 10.0. The maximum absolute atomic E-state index is 11.8. The van der Waals surface area contributed by atoms with Crippen LogP contribution in [0, 0.1) is 11.8 Å². The molecule has 1 amide bonds. The van der Waals surface area contributed by atoms with Crippen LogP contribution in [-0.2, 0) is 9.59 Å². The molecule has 1 aliphatic rings. The van der Waals surface area contributed by atoms with E-state index in [0.717, 1.165) is 25.7 Å². The maximum Gasteiger partial charge on any atom is 0.326 e. The summed E-state index contributed by atoms with van der Waals surface area (Å²) in [5.41, 5.74) is 0. The van der Waals surface area contributed by atoms with Crippen LogP contribution in [0.4, 0.5) is 0 Å². The third-order valence-corrected chi connectivity index (χ3v) is 3.05. The first-order valence-corrected chi connectivity index (χ1v) is 6.04. The van der Waals surface area contributed by atoms with E-state index in [-0.39, 0.29) is 17.7 Å². The Bertz CT molecular complexity index is 257. The van der Waals surface area contributed by atoms with E-state index in [2.05, 4.69) is 5.32 Å². The van der Waals surface area contributed by atoms with Crippen LogP contribution in [0.1, 0.15) is 46.0 Å². The summed E-state index contributed by atoms with van der Waals surface area (Å²) < 4.78 is 0. The highest BCUT2D eigenvalue weighted by atomic mass is 16.4. The number of rotatable bonds is 5. The van der Waals surface area contributed by atoms with Crippen LogP contribution in [0.25, 0.3) is 0 Å². The van der Waals surface area contributed by atoms with Crippen LogP contribution >= 0.6 is 0 Å². The van der Waals surface area contributed by atoms with Crippen molar-refractivity contribution in [3.05, 3.63) is 0 Å². The molecule has 1 fully saturated rings. The minimum Gasteiger partial charge on any atom is -0.480 e. The molecule has 0 unspecified atom stereocenters. The molecule has 92 valence electrons. The van der Waals surface area contributed by atoms with Gasteiger partial charge < -0.3 is 10.4 Å². The Morgan fingerprint density at radius 1 is 1.31 bits per heavy atom. The van der Waals surface area contributed by atoms with E-state index in [1.54, 1.807) is 0 Å². The molecule has 0 heterocycles. The highest BCUT2D eigenvalue weighted by Crippen LogP contribution is 2.24. The molecule has 0 spiro atoms. The number of amides is 1. The molecule has 4 heteroatoms. The molecule has 1 atom stereocenters. The van der Waals surface area contributed by atoms with E-state index < -0.39 is 12.0 Å². The third-order valence-electron chi connectivity index (χ3n) is 3.05. The van der Waals surface area contributed by atoms with Gasteiger partial charge in [0, 0.05) is 5.92 Å². The summed E-state index contributed by atoms with van der Waals surface area (Å²) in [6.07, 6.45) is 4.47. The summed E-state index contributed by atoms with van der Waals surface area (Å²) in [6.45, 7) is 3.91. The van der Waals surface area contributed by atoms with Crippen molar-refractivity contribution in [3.8, 4) is 0 Å². The van der Waals surface area contributed by atoms with Crippen molar-refractivity contribution < 1.29 is 14.7 Å². The summed E-state index contributed by atoms with van der Waals surface area (Å²) in [6, 6.07) is -0.729. The standard InChI is InChI=1S/C12H21NO3/c1-8(2)7-10(12(15)16)13-11(14)9-5-3-4-6-9/h8-10H,3-7H2,1-2H3,(H,13,14)(H,15,16)/t10-/m1/s1. The number of carboxylic acids is 1. The molecular formula is C12H21NO3. The largest absolute Gasteiger partial charge is 0.480 e. The lowest BCUT2D eigenvalue weighted by molar-refractivity contribution is -0.142. The fourth-order valence-corrected chi connectivity index (χ4v) is 2.17. The van der Waals surface area contributed by atoms with Gasteiger partial charge >= 0.3 is 5.97 Å². The number of carbonyl (C=O) groups is 2. The summed E-state index contributed by atoms with van der Waals surface area (Å²) in [4.78, 5) is 22.7. The van der Waals surface area contributed by atoms with E-state index in [0.29, 0.717) is 6.42 Å². The average Bonchev–Trinajstić information content (AvgIpc) is 2.68. The zero-order chi connectivity index (χ0) is 12.1. The van der Waals surface area contributed by atoms with Gasteiger partial charge in [-0.2, -0.15) is 0 Å². The Morgan fingerprint density at radius 3 is 2.31 bits per heavy atom. The molecule has 1 rings (SSSR count).